The number of hydrogen-bond donors (Lipinski definition) is 0. The fraction of sp³-hybridized carbons (Fsp3) is 0.625. The van der Waals surface area contributed by atoms with E-state index in [0.29, 0.717) is 5.41 Å². The molecule has 0 aliphatic rings. The van der Waals surface area contributed by atoms with E-state index in [2.05, 4.69) is 52.0 Å². The van der Waals surface area contributed by atoms with Gasteiger partial charge in [0.15, 0.2) is 0 Å². The van der Waals surface area contributed by atoms with Crippen LogP contribution in [0.4, 0.5) is 0 Å². The number of rotatable bonds is 5. The van der Waals surface area contributed by atoms with E-state index < -0.39 is 0 Å². The summed E-state index contributed by atoms with van der Waals surface area (Å²) in [6.45, 7) is 9.14. The first kappa shape index (κ1) is 13.3. The summed E-state index contributed by atoms with van der Waals surface area (Å²) >= 11 is 0. The highest BCUT2D eigenvalue weighted by molar-refractivity contribution is 5.23. The minimum absolute atomic E-state index is 0.393. The molecule has 0 aliphatic carbocycles. The summed E-state index contributed by atoms with van der Waals surface area (Å²) in [7, 11) is 0. The van der Waals surface area contributed by atoms with Gasteiger partial charge in [0.1, 0.15) is 0 Å². The lowest BCUT2D eigenvalue weighted by atomic mass is 9.88. The van der Waals surface area contributed by atoms with Crippen LogP contribution in [-0.4, -0.2) is 0 Å². The van der Waals surface area contributed by atoms with Gasteiger partial charge in [-0.05, 0) is 35.8 Å². The second-order valence-electron chi connectivity index (χ2n) is 6.01. The molecule has 1 rings (SSSR count). The second-order valence-corrected chi connectivity index (χ2v) is 6.01. The molecule has 16 heavy (non-hydrogen) atoms. The molecule has 1 aromatic carbocycles. The Balaban J connectivity index is 2.48. The largest absolute Gasteiger partial charge is 0.0654 e. The fourth-order valence-corrected chi connectivity index (χ4v) is 2.02. The monoisotopic (exact) mass is 218 g/mol. The van der Waals surface area contributed by atoms with Gasteiger partial charge in [-0.15, -0.1) is 0 Å². The third kappa shape index (κ3) is 5.34. The van der Waals surface area contributed by atoms with Crippen LogP contribution in [0.1, 0.15) is 58.1 Å². The molecule has 0 spiro atoms. The van der Waals surface area contributed by atoms with Crippen LogP contribution in [0, 0.1) is 5.41 Å². The normalized spacial score (nSPS) is 11.8. The SMILES string of the molecule is CCCCCc1ccc(CC(C)(C)C)cc1. The van der Waals surface area contributed by atoms with Crippen molar-refractivity contribution >= 4 is 0 Å². The van der Waals surface area contributed by atoms with E-state index in [4.69, 9.17) is 0 Å². The van der Waals surface area contributed by atoms with Crippen LogP contribution in [0.2, 0.25) is 0 Å². The van der Waals surface area contributed by atoms with Crippen molar-refractivity contribution in [1.82, 2.24) is 0 Å². The van der Waals surface area contributed by atoms with Crippen molar-refractivity contribution in [3.8, 4) is 0 Å². The predicted octanol–water partition coefficient (Wildman–Crippen LogP) is 5.01. The van der Waals surface area contributed by atoms with Gasteiger partial charge in [-0.2, -0.15) is 0 Å². The lowest BCUT2D eigenvalue weighted by molar-refractivity contribution is 0.411. The van der Waals surface area contributed by atoms with Crippen molar-refractivity contribution in [2.45, 2.75) is 59.8 Å². The van der Waals surface area contributed by atoms with E-state index in [1.54, 1.807) is 0 Å². The first-order valence-electron chi connectivity index (χ1n) is 6.59. The first-order chi connectivity index (χ1) is 7.51. The van der Waals surface area contributed by atoms with Gasteiger partial charge >= 0.3 is 0 Å². The molecule has 0 nitrogen and oxygen atoms in total. The number of benzene rings is 1. The van der Waals surface area contributed by atoms with Crippen molar-refractivity contribution in [3.05, 3.63) is 35.4 Å². The maximum atomic E-state index is 2.30. The molecular weight excluding hydrogens is 192 g/mol. The topological polar surface area (TPSA) is 0 Å². The van der Waals surface area contributed by atoms with Crippen LogP contribution >= 0.6 is 0 Å². The van der Waals surface area contributed by atoms with Crippen molar-refractivity contribution in [3.63, 3.8) is 0 Å². The fourth-order valence-electron chi connectivity index (χ4n) is 2.02. The molecule has 0 heterocycles. The average Bonchev–Trinajstić information content (AvgIpc) is 2.19. The summed E-state index contributed by atoms with van der Waals surface area (Å²) in [5.74, 6) is 0. The molecule has 0 amide bonds. The van der Waals surface area contributed by atoms with E-state index in [-0.39, 0.29) is 0 Å². The highest BCUT2D eigenvalue weighted by Gasteiger charge is 2.10. The minimum atomic E-state index is 0.393. The van der Waals surface area contributed by atoms with Gasteiger partial charge in [-0.1, -0.05) is 64.8 Å². The summed E-state index contributed by atoms with van der Waals surface area (Å²) in [4.78, 5) is 0. The molecule has 0 radical (unpaired) electrons. The van der Waals surface area contributed by atoms with E-state index in [9.17, 15) is 0 Å². The zero-order valence-electron chi connectivity index (χ0n) is 11.3. The zero-order valence-corrected chi connectivity index (χ0v) is 11.3. The van der Waals surface area contributed by atoms with Crippen LogP contribution in [0.25, 0.3) is 0 Å². The number of aryl methyl sites for hydroxylation is 1. The van der Waals surface area contributed by atoms with Gasteiger partial charge in [0.05, 0.1) is 0 Å². The zero-order chi connectivity index (χ0) is 12.0. The van der Waals surface area contributed by atoms with Crippen molar-refractivity contribution in [1.29, 1.82) is 0 Å². The number of hydrogen-bond acceptors (Lipinski definition) is 0. The van der Waals surface area contributed by atoms with Crippen molar-refractivity contribution in [2.24, 2.45) is 5.41 Å². The summed E-state index contributed by atoms with van der Waals surface area (Å²) in [5.41, 5.74) is 3.35. The van der Waals surface area contributed by atoms with Gasteiger partial charge in [0.25, 0.3) is 0 Å². The van der Waals surface area contributed by atoms with E-state index in [1.165, 1.54) is 43.2 Å². The standard InChI is InChI=1S/C16H26/c1-5-6-7-8-14-9-11-15(12-10-14)13-16(2,3)4/h9-12H,5-8,13H2,1-4H3. The molecule has 90 valence electrons. The first-order valence-corrected chi connectivity index (χ1v) is 6.59. The lowest BCUT2D eigenvalue weighted by Gasteiger charge is -2.18. The molecular formula is C16H26. The second kappa shape index (κ2) is 6.08. The Morgan fingerprint density at radius 2 is 1.44 bits per heavy atom. The van der Waals surface area contributed by atoms with E-state index in [0.717, 1.165) is 0 Å². The lowest BCUT2D eigenvalue weighted by Crippen LogP contribution is -2.08. The Kier molecular flexibility index (Phi) is 5.05. The summed E-state index contributed by atoms with van der Waals surface area (Å²) in [6, 6.07) is 9.20. The van der Waals surface area contributed by atoms with Crippen LogP contribution in [0.3, 0.4) is 0 Å². The summed E-state index contributed by atoms with van der Waals surface area (Å²) < 4.78 is 0. The maximum absolute atomic E-state index is 2.30. The molecule has 0 N–H and O–H groups in total. The minimum Gasteiger partial charge on any atom is -0.0654 e. The molecule has 0 bridgehead atoms. The maximum Gasteiger partial charge on any atom is -0.0230 e. The molecule has 1 aromatic rings. The molecule has 0 fully saturated rings. The Hall–Kier alpha value is -0.780. The van der Waals surface area contributed by atoms with Crippen LogP contribution in [-0.2, 0) is 12.8 Å². The predicted molar refractivity (Wildman–Crippen MR) is 72.8 cm³/mol. The van der Waals surface area contributed by atoms with Gasteiger partial charge in [-0.25, -0.2) is 0 Å². The third-order valence-electron chi connectivity index (χ3n) is 2.83. The highest BCUT2D eigenvalue weighted by atomic mass is 14.2. The Morgan fingerprint density at radius 1 is 0.875 bits per heavy atom. The Morgan fingerprint density at radius 3 is 1.94 bits per heavy atom. The van der Waals surface area contributed by atoms with Crippen molar-refractivity contribution in [2.75, 3.05) is 0 Å². The molecule has 0 saturated heterocycles. The van der Waals surface area contributed by atoms with Crippen molar-refractivity contribution < 1.29 is 0 Å². The van der Waals surface area contributed by atoms with Gasteiger partial charge in [-0.3, -0.25) is 0 Å². The van der Waals surface area contributed by atoms with Gasteiger partial charge in [0, 0.05) is 0 Å². The van der Waals surface area contributed by atoms with Gasteiger partial charge in [0.2, 0.25) is 0 Å². The Labute approximate surface area is 101 Å². The highest BCUT2D eigenvalue weighted by Crippen LogP contribution is 2.21. The van der Waals surface area contributed by atoms with Gasteiger partial charge < -0.3 is 0 Å². The summed E-state index contributed by atoms with van der Waals surface area (Å²) in [6.07, 6.45) is 6.40. The molecule has 0 aliphatic heterocycles. The molecule has 0 unspecified atom stereocenters. The quantitative estimate of drug-likeness (QED) is 0.610. The van der Waals surface area contributed by atoms with E-state index in [1.807, 2.05) is 0 Å². The third-order valence-corrected chi connectivity index (χ3v) is 2.83. The molecule has 0 heteroatoms. The molecule has 0 atom stereocenters. The Bertz CT molecular complexity index is 287. The van der Waals surface area contributed by atoms with Crippen LogP contribution in [0.5, 0.6) is 0 Å². The molecule has 0 aromatic heterocycles. The summed E-state index contributed by atoms with van der Waals surface area (Å²) in [5, 5.41) is 0. The number of unbranched alkanes of at least 4 members (excludes halogenated alkanes) is 2. The van der Waals surface area contributed by atoms with E-state index >= 15 is 0 Å². The van der Waals surface area contributed by atoms with Crippen LogP contribution < -0.4 is 0 Å². The average molecular weight is 218 g/mol. The molecule has 0 saturated carbocycles. The smallest absolute Gasteiger partial charge is 0.0230 e. The van der Waals surface area contributed by atoms with Crippen LogP contribution in [0.15, 0.2) is 24.3 Å².